The van der Waals surface area contributed by atoms with Gasteiger partial charge in [0.15, 0.2) is 0 Å². The summed E-state index contributed by atoms with van der Waals surface area (Å²) in [6.45, 7) is 10.5. The first-order valence-corrected chi connectivity index (χ1v) is 10.9. The lowest BCUT2D eigenvalue weighted by atomic mass is 9.79. The first kappa shape index (κ1) is 21.8. The van der Waals surface area contributed by atoms with Crippen molar-refractivity contribution < 1.29 is 14.4 Å². The molecule has 32 heavy (non-hydrogen) atoms. The molecule has 4 rings (SSSR count). The van der Waals surface area contributed by atoms with Crippen molar-refractivity contribution in [2.24, 2.45) is 0 Å². The number of carbonyl (C=O) groups excluding carboxylic acids is 3. The molecule has 0 saturated carbocycles. The van der Waals surface area contributed by atoms with Gasteiger partial charge in [-0.05, 0) is 86.6 Å². The van der Waals surface area contributed by atoms with E-state index in [-0.39, 0.29) is 11.1 Å². The molecule has 0 spiro atoms. The highest BCUT2D eigenvalue weighted by Crippen LogP contribution is 2.43. The van der Waals surface area contributed by atoms with Crippen molar-refractivity contribution in [3.63, 3.8) is 0 Å². The number of nitrogens with zero attached hydrogens (tertiary/aromatic N) is 2. The van der Waals surface area contributed by atoms with E-state index in [2.05, 4.69) is 50.2 Å². The number of amides is 4. The lowest BCUT2D eigenvalue weighted by Crippen LogP contribution is -2.54. The van der Waals surface area contributed by atoms with E-state index in [4.69, 9.17) is 0 Å². The maximum absolute atomic E-state index is 13.3. The summed E-state index contributed by atoms with van der Waals surface area (Å²) in [6.07, 6.45) is 2.61. The Morgan fingerprint density at radius 3 is 2.41 bits per heavy atom. The quantitative estimate of drug-likeness (QED) is 0.553. The minimum Gasteiger partial charge on any atom is -0.369 e. The zero-order chi connectivity index (χ0) is 23.4. The fourth-order valence-corrected chi connectivity index (χ4v) is 4.74. The van der Waals surface area contributed by atoms with Gasteiger partial charge in [-0.3, -0.25) is 14.9 Å². The fourth-order valence-electron chi connectivity index (χ4n) is 4.74. The summed E-state index contributed by atoms with van der Waals surface area (Å²) in [5.74, 6) is -0.945. The van der Waals surface area contributed by atoms with Crippen LogP contribution in [0.15, 0.2) is 42.0 Å². The average Bonchev–Trinajstić information content (AvgIpc) is 2.71. The molecular formula is C26H29N3O3. The largest absolute Gasteiger partial charge is 0.369 e. The number of para-hydroxylation sites is 1. The molecule has 2 heterocycles. The Kier molecular flexibility index (Phi) is 5.19. The van der Waals surface area contributed by atoms with E-state index < -0.39 is 17.8 Å². The topological polar surface area (TPSA) is 69.7 Å². The van der Waals surface area contributed by atoms with Crippen LogP contribution in [0, 0.1) is 13.8 Å². The number of rotatable bonds is 2. The minimum atomic E-state index is -0.730. The minimum absolute atomic E-state index is 0.0481. The summed E-state index contributed by atoms with van der Waals surface area (Å²) in [4.78, 5) is 41.7. The molecule has 2 aromatic rings. The van der Waals surface area contributed by atoms with Gasteiger partial charge in [0.25, 0.3) is 11.8 Å². The van der Waals surface area contributed by atoms with E-state index in [9.17, 15) is 14.4 Å². The normalized spacial score (nSPS) is 21.6. The van der Waals surface area contributed by atoms with Gasteiger partial charge in [0, 0.05) is 18.3 Å². The summed E-state index contributed by atoms with van der Waals surface area (Å²) in [7, 11) is 2.10. The standard InChI is InChI=1S/C26H29N3O3/c1-15-9-7-8-10-21(15)29-24(31)20(23(30)27-25(29)32)13-18-12-19-17(3)14-26(4,5)28(6)22(19)11-16(18)2/h7-13,17H,14H2,1-6H3,(H,27,30,32)/b20-13+. The van der Waals surface area contributed by atoms with Crippen molar-refractivity contribution in [2.45, 2.75) is 52.5 Å². The Bertz CT molecular complexity index is 1180. The second kappa shape index (κ2) is 7.62. The molecule has 1 unspecified atom stereocenters. The van der Waals surface area contributed by atoms with Crippen molar-refractivity contribution in [2.75, 3.05) is 16.8 Å². The van der Waals surface area contributed by atoms with E-state index in [1.54, 1.807) is 18.2 Å². The molecule has 2 aliphatic rings. The smallest absolute Gasteiger partial charge is 0.335 e. The molecule has 1 N–H and O–H groups in total. The Labute approximate surface area is 188 Å². The molecule has 0 aromatic heterocycles. The van der Waals surface area contributed by atoms with Crippen molar-refractivity contribution in [3.8, 4) is 0 Å². The van der Waals surface area contributed by atoms with Gasteiger partial charge in [-0.15, -0.1) is 0 Å². The third-order valence-electron chi connectivity index (χ3n) is 6.78. The Hall–Kier alpha value is -3.41. The molecule has 0 bridgehead atoms. The molecule has 1 fully saturated rings. The first-order chi connectivity index (χ1) is 15.0. The van der Waals surface area contributed by atoms with Crippen molar-refractivity contribution >= 4 is 35.3 Å². The zero-order valence-electron chi connectivity index (χ0n) is 19.4. The lowest BCUT2D eigenvalue weighted by Gasteiger charge is -2.45. The van der Waals surface area contributed by atoms with E-state index in [1.807, 2.05) is 26.0 Å². The monoisotopic (exact) mass is 431 g/mol. The number of hydrogen-bond donors (Lipinski definition) is 1. The van der Waals surface area contributed by atoms with E-state index in [0.29, 0.717) is 11.6 Å². The molecule has 0 radical (unpaired) electrons. The van der Waals surface area contributed by atoms with Crippen LogP contribution in [-0.2, 0) is 9.59 Å². The Balaban J connectivity index is 1.79. The highest BCUT2D eigenvalue weighted by molar-refractivity contribution is 6.39. The number of urea groups is 1. The van der Waals surface area contributed by atoms with Crippen LogP contribution in [0.25, 0.3) is 6.08 Å². The van der Waals surface area contributed by atoms with Crippen molar-refractivity contribution in [3.05, 3.63) is 64.2 Å². The van der Waals surface area contributed by atoms with Crippen LogP contribution in [0.5, 0.6) is 0 Å². The molecule has 166 valence electrons. The molecule has 6 heteroatoms. The van der Waals surface area contributed by atoms with Crippen LogP contribution < -0.4 is 15.1 Å². The summed E-state index contributed by atoms with van der Waals surface area (Å²) < 4.78 is 0. The molecule has 1 saturated heterocycles. The summed E-state index contributed by atoms with van der Waals surface area (Å²) >= 11 is 0. The molecule has 4 amide bonds. The van der Waals surface area contributed by atoms with Gasteiger partial charge in [-0.1, -0.05) is 25.1 Å². The van der Waals surface area contributed by atoms with Crippen LogP contribution in [0.4, 0.5) is 16.2 Å². The number of imide groups is 2. The SMILES string of the molecule is Cc1cc2c(cc1/C=C1\C(=O)NC(=O)N(c3ccccc3C)C1=O)C(C)CC(C)(C)N2C. The van der Waals surface area contributed by atoms with Gasteiger partial charge in [-0.2, -0.15) is 0 Å². The predicted molar refractivity (Wildman–Crippen MR) is 127 cm³/mol. The van der Waals surface area contributed by atoms with Crippen LogP contribution in [0.3, 0.4) is 0 Å². The molecular weight excluding hydrogens is 402 g/mol. The van der Waals surface area contributed by atoms with Gasteiger partial charge < -0.3 is 4.90 Å². The molecule has 0 aliphatic carbocycles. The number of barbiturate groups is 1. The van der Waals surface area contributed by atoms with Gasteiger partial charge >= 0.3 is 6.03 Å². The number of nitrogens with one attached hydrogen (secondary N) is 1. The summed E-state index contributed by atoms with van der Waals surface area (Å²) in [5, 5.41) is 2.31. The number of carbonyl (C=O) groups is 3. The molecule has 2 aromatic carbocycles. The summed E-state index contributed by atoms with van der Waals surface area (Å²) in [5.41, 5.74) is 5.38. The van der Waals surface area contributed by atoms with E-state index in [0.717, 1.165) is 28.0 Å². The van der Waals surface area contributed by atoms with Gasteiger partial charge in [0.2, 0.25) is 0 Å². The van der Waals surface area contributed by atoms with Crippen LogP contribution in [0.1, 0.15) is 55.4 Å². The number of benzene rings is 2. The first-order valence-electron chi connectivity index (χ1n) is 10.9. The van der Waals surface area contributed by atoms with Crippen LogP contribution >= 0.6 is 0 Å². The predicted octanol–water partition coefficient (Wildman–Crippen LogP) is 4.69. The second-order valence-electron chi connectivity index (χ2n) is 9.49. The Morgan fingerprint density at radius 2 is 1.72 bits per heavy atom. The van der Waals surface area contributed by atoms with Gasteiger partial charge in [0.1, 0.15) is 5.57 Å². The average molecular weight is 432 g/mol. The van der Waals surface area contributed by atoms with Crippen LogP contribution in [0.2, 0.25) is 0 Å². The van der Waals surface area contributed by atoms with E-state index in [1.165, 1.54) is 11.3 Å². The number of hydrogen-bond acceptors (Lipinski definition) is 4. The lowest BCUT2D eigenvalue weighted by molar-refractivity contribution is -0.122. The van der Waals surface area contributed by atoms with Crippen molar-refractivity contribution in [1.29, 1.82) is 0 Å². The third-order valence-corrected chi connectivity index (χ3v) is 6.78. The maximum Gasteiger partial charge on any atom is 0.335 e. The number of fused-ring (bicyclic) bond motifs is 1. The second-order valence-corrected chi connectivity index (χ2v) is 9.49. The molecule has 6 nitrogen and oxygen atoms in total. The van der Waals surface area contributed by atoms with Crippen LogP contribution in [-0.4, -0.2) is 30.4 Å². The number of aryl methyl sites for hydroxylation is 2. The van der Waals surface area contributed by atoms with Gasteiger partial charge in [0.05, 0.1) is 5.69 Å². The number of anilines is 2. The molecule has 1 atom stereocenters. The molecule has 2 aliphatic heterocycles. The maximum atomic E-state index is 13.3. The third kappa shape index (κ3) is 3.49. The Morgan fingerprint density at radius 1 is 1.03 bits per heavy atom. The highest BCUT2D eigenvalue weighted by atomic mass is 16.2. The fraction of sp³-hybridized carbons (Fsp3) is 0.346. The van der Waals surface area contributed by atoms with E-state index >= 15 is 0 Å². The van der Waals surface area contributed by atoms with Gasteiger partial charge in [-0.25, -0.2) is 9.69 Å². The zero-order valence-corrected chi connectivity index (χ0v) is 19.4. The highest BCUT2D eigenvalue weighted by Gasteiger charge is 2.38. The van der Waals surface area contributed by atoms with Crippen molar-refractivity contribution in [1.82, 2.24) is 5.32 Å². The summed E-state index contributed by atoms with van der Waals surface area (Å²) in [6, 6.07) is 10.6.